The second-order valence-electron chi connectivity index (χ2n) is 6.34. The Bertz CT molecular complexity index is 964. The highest BCUT2D eigenvalue weighted by molar-refractivity contribution is 5.95. The molecule has 4 rings (SSSR count). The van der Waals surface area contributed by atoms with Crippen LogP contribution in [0, 0.1) is 0 Å². The fourth-order valence-electron chi connectivity index (χ4n) is 3.12. The van der Waals surface area contributed by atoms with Gasteiger partial charge in [0.1, 0.15) is 19.0 Å². The molecule has 3 aromatic rings. The standard InChI is InChI=1S/C22H21NO4/c1-2-18(27-19-9-5-7-15-6-3-4-8-17(15)19)22(24)23-16-10-11-20-21(14-16)26-13-12-25-20/h3-11,14,18H,2,12-13H2,1H3,(H,23,24)/t18-/m1/s1. The molecule has 0 spiro atoms. The minimum atomic E-state index is -0.594. The zero-order valence-corrected chi connectivity index (χ0v) is 15.1. The van der Waals surface area contributed by atoms with Crippen molar-refractivity contribution in [1.82, 2.24) is 0 Å². The first kappa shape index (κ1) is 17.2. The van der Waals surface area contributed by atoms with Crippen molar-refractivity contribution in [3.05, 3.63) is 60.7 Å². The van der Waals surface area contributed by atoms with Crippen molar-refractivity contribution in [2.24, 2.45) is 0 Å². The number of fused-ring (bicyclic) bond motifs is 2. The van der Waals surface area contributed by atoms with Crippen LogP contribution in [-0.4, -0.2) is 25.2 Å². The molecule has 0 aromatic heterocycles. The Balaban J connectivity index is 1.51. The van der Waals surface area contributed by atoms with Gasteiger partial charge in [-0.05, 0) is 30.0 Å². The maximum absolute atomic E-state index is 12.7. The molecule has 1 amide bonds. The number of rotatable bonds is 5. The highest BCUT2D eigenvalue weighted by Crippen LogP contribution is 2.33. The SMILES string of the molecule is CC[C@@H](Oc1cccc2ccccc12)C(=O)Nc1ccc2c(c1)OCCO2. The van der Waals surface area contributed by atoms with Crippen molar-refractivity contribution in [3.63, 3.8) is 0 Å². The molecule has 3 aromatic carbocycles. The average molecular weight is 363 g/mol. The summed E-state index contributed by atoms with van der Waals surface area (Å²) in [4.78, 5) is 12.7. The van der Waals surface area contributed by atoms with Gasteiger partial charge in [0.2, 0.25) is 0 Å². The van der Waals surface area contributed by atoms with Gasteiger partial charge in [0, 0.05) is 17.1 Å². The average Bonchev–Trinajstić information content (AvgIpc) is 2.72. The lowest BCUT2D eigenvalue weighted by Crippen LogP contribution is -2.32. The number of ether oxygens (including phenoxy) is 3. The van der Waals surface area contributed by atoms with Crippen LogP contribution in [0.2, 0.25) is 0 Å². The van der Waals surface area contributed by atoms with Crippen LogP contribution in [0.1, 0.15) is 13.3 Å². The first-order chi connectivity index (χ1) is 13.2. The second kappa shape index (κ2) is 7.58. The van der Waals surface area contributed by atoms with Gasteiger partial charge in [-0.25, -0.2) is 0 Å². The zero-order valence-electron chi connectivity index (χ0n) is 15.1. The second-order valence-corrected chi connectivity index (χ2v) is 6.34. The van der Waals surface area contributed by atoms with E-state index >= 15 is 0 Å². The van der Waals surface area contributed by atoms with Gasteiger partial charge in [0.05, 0.1) is 0 Å². The van der Waals surface area contributed by atoms with E-state index in [0.29, 0.717) is 42.6 Å². The van der Waals surface area contributed by atoms with Crippen molar-refractivity contribution in [3.8, 4) is 17.2 Å². The van der Waals surface area contributed by atoms with Crippen LogP contribution in [0.15, 0.2) is 60.7 Å². The van der Waals surface area contributed by atoms with E-state index in [9.17, 15) is 4.79 Å². The predicted molar refractivity (Wildman–Crippen MR) is 105 cm³/mol. The summed E-state index contributed by atoms with van der Waals surface area (Å²) < 4.78 is 17.1. The van der Waals surface area contributed by atoms with Gasteiger partial charge in [-0.3, -0.25) is 4.79 Å². The molecule has 0 fully saturated rings. The maximum atomic E-state index is 12.7. The molecular weight excluding hydrogens is 342 g/mol. The van der Waals surface area contributed by atoms with E-state index in [0.717, 1.165) is 10.8 Å². The highest BCUT2D eigenvalue weighted by atomic mass is 16.6. The third-order valence-corrected chi connectivity index (χ3v) is 4.49. The summed E-state index contributed by atoms with van der Waals surface area (Å²) in [6.07, 6.45) is -0.0383. The van der Waals surface area contributed by atoms with Gasteiger partial charge >= 0.3 is 0 Å². The van der Waals surface area contributed by atoms with Gasteiger partial charge in [-0.15, -0.1) is 0 Å². The molecule has 5 nitrogen and oxygen atoms in total. The summed E-state index contributed by atoms with van der Waals surface area (Å²) in [6, 6.07) is 19.2. The van der Waals surface area contributed by atoms with Gasteiger partial charge in [-0.1, -0.05) is 43.3 Å². The highest BCUT2D eigenvalue weighted by Gasteiger charge is 2.20. The Hall–Kier alpha value is -3.21. The van der Waals surface area contributed by atoms with Crippen LogP contribution >= 0.6 is 0 Å². The zero-order chi connectivity index (χ0) is 18.6. The van der Waals surface area contributed by atoms with Crippen molar-refractivity contribution in [2.45, 2.75) is 19.4 Å². The summed E-state index contributed by atoms with van der Waals surface area (Å²) >= 11 is 0. The largest absolute Gasteiger partial charge is 0.486 e. The van der Waals surface area contributed by atoms with Gasteiger partial charge in [0.25, 0.3) is 5.91 Å². The minimum absolute atomic E-state index is 0.192. The summed E-state index contributed by atoms with van der Waals surface area (Å²) in [5.41, 5.74) is 0.657. The molecule has 1 atom stereocenters. The Labute approximate surface area is 157 Å². The summed E-state index contributed by atoms with van der Waals surface area (Å²) in [6.45, 7) is 2.97. The molecule has 0 saturated carbocycles. The number of benzene rings is 3. The third kappa shape index (κ3) is 3.67. The van der Waals surface area contributed by atoms with Gasteiger partial charge < -0.3 is 19.5 Å². The van der Waals surface area contributed by atoms with Crippen LogP contribution in [0.25, 0.3) is 10.8 Å². The van der Waals surface area contributed by atoms with Crippen molar-refractivity contribution in [1.29, 1.82) is 0 Å². The lowest BCUT2D eigenvalue weighted by atomic mass is 10.1. The Morgan fingerprint density at radius 3 is 2.67 bits per heavy atom. The lowest BCUT2D eigenvalue weighted by Gasteiger charge is -2.21. The maximum Gasteiger partial charge on any atom is 0.265 e. The summed E-state index contributed by atoms with van der Waals surface area (Å²) in [7, 11) is 0. The van der Waals surface area contributed by atoms with E-state index in [1.807, 2.05) is 49.4 Å². The number of hydrogen-bond acceptors (Lipinski definition) is 4. The van der Waals surface area contributed by atoms with Crippen LogP contribution in [0.3, 0.4) is 0 Å². The normalized spacial score (nSPS) is 13.8. The Morgan fingerprint density at radius 1 is 1.04 bits per heavy atom. The molecule has 0 radical (unpaired) electrons. The number of hydrogen-bond donors (Lipinski definition) is 1. The summed E-state index contributed by atoms with van der Waals surface area (Å²) in [5, 5.41) is 4.98. The van der Waals surface area contributed by atoms with Gasteiger partial charge in [-0.2, -0.15) is 0 Å². The third-order valence-electron chi connectivity index (χ3n) is 4.49. The van der Waals surface area contributed by atoms with E-state index in [1.165, 1.54) is 0 Å². The molecule has 138 valence electrons. The minimum Gasteiger partial charge on any atom is -0.486 e. The number of amides is 1. The van der Waals surface area contributed by atoms with E-state index in [1.54, 1.807) is 18.2 Å². The van der Waals surface area contributed by atoms with Crippen LogP contribution in [0.5, 0.6) is 17.2 Å². The molecule has 1 N–H and O–H groups in total. The van der Waals surface area contributed by atoms with Crippen LogP contribution < -0.4 is 19.5 Å². The smallest absolute Gasteiger partial charge is 0.265 e. The molecule has 1 aliphatic rings. The quantitative estimate of drug-likeness (QED) is 0.730. The molecule has 0 bridgehead atoms. The van der Waals surface area contributed by atoms with E-state index in [2.05, 4.69) is 5.32 Å². The summed E-state index contributed by atoms with van der Waals surface area (Å²) in [5.74, 6) is 1.85. The van der Waals surface area contributed by atoms with E-state index in [4.69, 9.17) is 14.2 Å². The van der Waals surface area contributed by atoms with Crippen molar-refractivity contribution >= 4 is 22.4 Å². The van der Waals surface area contributed by atoms with Crippen molar-refractivity contribution in [2.75, 3.05) is 18.5 Å². The van der Waals surface area contributed by atoms with E-state index < -0.39 is 6.10 Å². The molecule has 1 heterocycles. The first-order valence-corrected chi connectivity index (χ1v) is 9.09. The van der Waals surface area contributed by atoms with Crippen molar-refractivity contribution < 1.29 is 19.0 Å². The number of anilines is 1. The Morgan fingerprint density at radius 2 is 1.81 bits per heavy atom. The fraction of sp³-hybridized carbons (Fsp3) is 0.227. The molecule has 0 unspecified atom stereocenters. The van der Waals surface area contributed by atoms with Crippen LogP contribution in [0.4, 0.5) is 5.69 Å². The Kier molecular flexibility index (Phi) is 4.83. The van der Waals surface area contributed by atoms with Gasteiger partial charge in [0.15, 0.2) is 17.6 Å². The van der Waals surface area contributed by atoms with Crippen LogP contribution in [-0.2, 0) is 4.79 Å². The molecule has 5 heteroatoms. The van der Waals surface area contributed by atoms with E-state index in [-0.39, 0.29) is 5.91 Å². The fourth-order valence-corrected chi connectivity index (χ4v) is 3.12. The molecule has 27 heavy (non-hydrogen) atoms. The molecular formula is C22H21NO4. The topological polar surface area (TPSA) is 56.8 Å². The number of carbonyl (C=O) groups is 1. The number of nitrogens with one attached hydrogen (secondary N) is 1. The molecule has 0 aliphatic carbocycles. The monoisotopic (exact) mass is 363 g/mol. The lowest BCUT2D eigenvalue weighted by molar-refractivity contribution is -0.122. The molecule has 0 saturated heterocycles. The predicted octanol–water partition coefficient (Wildman–Crippen LogP) is 4.41. The number of carbonyl (C=O) groups excluding carboxylic acids is 1. The first-order valence-electron chi connectivity index (χ1n) is 9.09. The molecule has 1 aliphatic heterocycles.